The van der Waals surface area contributed by atoms with E-state index in [0.717, 1.165) is 4.90 Å². The smallest absolute Gasteiger partial charge is 0.284 e. The number of amides is 2. The zero-order valence-corrected chi connectivity index (χ0v) is 10.9. The second kappa shape index (κ2) is 4.48. The van der Waals surface area contributed by atoms with E-state index in [4.69, 9.17) is 0 Å². The molecule has 1 aromatic carbocycles. The average molecular weight is 271 g/mol. The summed E-state index contributed by atoms with van der Waals surface area (Å²) in [5.74, 6) is -0.804. The number of aromatic nitrogens is 2. The minimum Gasteiger partial charge on any atom is -0.294 e. The molecule has 0 saturated carbocycles. The zero-order valence-electron chi connectivity index (χ0n) is 10.9. The van der Waals surface area contributed by atoms with Crippen molar-refractivity contribution >= 4 is 11.8 Å². The van der Waals surface area contributed by atoms with E-state index in [2.05, 4.69) is 5.10 Å². The van der Waals surface area contributed by atoms with Crippen molar-refractivity contribution in [2.24, 2.45) is 0 Å². The van der Waals surface area contributed by atoms with Crippen molar-refractivity contribution in [3.63, 3.8) is 0 Å². The predicted octanol–water partition coefficient (Wildman–Crippen LogP) is 0.710. The standard InChI is InChI=1S/C14H13N3O3/c1-2-16-11(18)8-10-12(13(16)19)14(20)17(15-10)9-6-4-3-5-7-9/h3-7,15H,2,8H2,1H3. The minimum atomic E-state index is -0.519. The van der Waals surface area contributed by atoms with E-state index in [1.165, 1.54) is 4.68 Å². The summed E-state index contributed by atoms with van der Waals surface area (Å²) in [5, 5.41) is 2.86. The van der Waals surface area contributed by atoms with E-state index >= 15 is 0 Å². The maximum atomic E-state index is 12.4. The zero-order chi connectivity index (χ0) is 14.3. The number of imide groups is 1. The van der Waals surface area contributed by atoms with Gasteiger partial charge in [-0.15, -0.1) is 0 Å². The fourth-order valence-electron chi connectivity index (χ4n) is 2.40. The highest BCUT2D eigenvalue weighted by Crippen LogP contribution is 2.16. The molecule has 0 spiro atoms. The molecular weight excluding hydrogens is 258 g/mol. The Kier molecular flexibility index (Phi) is 2.78. The molecule has 1 aromatic heterocycles. The molecule has 0 fully saturated rings. The molecule has 20 heavy (non-hydrogen) atoms. The minimum absolute atomic E-state index is 0.0456. The fraction of sp³-hybridized carbons (Fsp3) is 0.214. The maximum absolute atomic E-state index is 12.4. The Bertz CT molecular complexity index is 743. The van der Waals surface area contributed by atoms with Crippen LogP contribution in [0.2, 0.25) is 0 Å². The van der Waals surface area contributed by atoms with Crippen molar-refractivity contribution < 1.29 is 9.59 Å². The summed E-state index contributed by atoms with van der Waals surface area (Å²) in [6, 6.07) is 8.95. The van der Waals surface area contributed by atoms with Crippen molar-refractivity contribution in [3.05, 3.63) is 51.9 Å². The molecule has 0 radical (unpaired) electrons. The SMILES string of the molecule is CCN1C(=O)Cc2[nH]n(-c3ccccc3)c(=O)c2C1=O. The number of carbonyl (C=O) groups excluding carboxylic acids is 2. The van der Waals surface area contributed by atoms with Crippen LogP contribution in [-0.4, -0.2) is 33.0 Å². The monoisotopic (exact) mass is 271 g/mol. The number of hydrogen-bond donors (Lipinski definition) is 1. The normalized spacial score (nSPS) is 14.6. The number of likely N-dealkylation sites (N-methyl/N-ethyl adjacent to an activating group) is 1. The van der Waals surface area contributed by atoms with Gasteiger partial charge in [0, 0.05) is 6.54 Å². The Balaban J connectivity index is 2.17. The van der Waals surface area contributed by atoms with Crippen molar-refractivity contribution in [1.29, 1.82) is 0 Å². The molecule has 6 heteroatoms. The third-order valence-corrected chi connectivity index (χ3v) is 3.38. The number of aromatic amines is 1. The van der Waals surface area contributed by atoms with Gasteiger partial charge in [0.1, 0.15) is 5.56 Å². The second-order valence-corrected chi connectivity index (χ2v) is 4.56. The number of hydrogen-bond acceptors (Lipinski definition) is 3. The molecule has 2 heterocycles. The lowest BCUT2D eigenvalue weighted by Crippen LogP contribution is -2.43. The van der Waals surface area contributed by atoms with Crippen molar-refractivity contribution in [1.82, 2.24) is 14.7 Å². The van der Waals surface area contributed by atoms with Crippen LogP contribution < -0.4 is 5.56 Å². The van der Waals surface area contributed by atoms with Crippen molar-refractivity contribution in [3.8, 4) is 5.69 Å². The predicted molar refractivity (Wildman–Crippen MR) is 71.8 cm³/mol. The Labute approximate surface area is 114 Å². The van der Waals surface area contributed by atoms with Crippen molar-refractivity contribution in [2.45, 2.75) is 13.3 Å². The molecule has 102 valence electrons. The van der Waals surface area contributed by atoms with Crippen LogP contribution in [0.3, 0.4) is 0 Å². The lowest BCUT2D eigenvalue weighted by atomic mass is 10.1. The van der Waals surface area contributed by atoms with Gasteiger partial charge in [-0.2, -0.15) is 0 Å². The summed E-state index contributed by atoms with van der Waals surface area (Å²) >= 11 is 0. The number of fused-ring (bicyclic) bond motifs is 1. The van der Waals surface area contributed by atoms with E-state index in [0.29, 0.717) is 11.4 Å². The molecule has 0 saturated heterocycles. The Morgan fingerprint density at radius 2 is 1.85 bits per heavy atom. The van der Waals surface area contributed by atoms with Gasteiger partial charge in [-0.1, -0.05) is 18.2 Å². The van der Waals surface area contributed by atoms with Crippen LogP contribution in [0.1, 0.15) is 23.0 Å². The molecule has 0 atom stereocenters. The molecule has 6 nitrogen and oxygen atoms in total. The average Bonchev–Trinajstić information content (AvgIpc) is 2.77. The number of para-hydroxylation sites is 1. The van der Waals surface area contributed by atoms with E-state index in [1.54, 1.807) is 31.2 Å². The topological polar surface area (TPSA) is 75.2 Å². The molecule has 0 bridgehead atoms. The molecule has 0 aliphatic carbocycles. The third kappa shape index (κ3) is 1.69. The summed E-state index contributed by atoms with van der Waals surface area (Å²) in [4.78, 5) is 37.5. The molecule has 1 aliphatic rings. The number of carbonyl (C=O) groups is 2. The van der Waals surface area contributed by atoms with Gasteiger partial charge >= 0.3 is 0 Å². The molecule has 1 aliphatic heterocycles. The van der Waals surface area contributed by atoms with Gasteiger partial charge in [0.05, 0.1) is 17.8 Å². The number of nitrogens with zero attached hydrogens (tertiary/aromatic N) is 2. The van der Waals surface area contributed by atoms with Crippen LogP contribution in [0, 0.1) is 0 Å². The highest BCUT2D eigenvalue weighted by Gasteiger charge is 2.34. The van der Waals surface area contributed by atoms with E-state index in [1.807, 2.05) is 6.07 Å². The Morgan fingerprint density at radius 3 is 2.50 bits per heavy atom. The quantitative estimate of drug-likeness (QED) is 0.817. The molecule has 3 rings (SSSR count). The molecule has 1 N–H and O–H groups in total. The Morgan fingerprint density at radius 1 is 1.15 bits per heavy atom. The largest absolute Gasteiger partial charge is 0.294 e. The van der Waals surface area contributed by atoms with Gasteiger partial charge in [0.25, 0.3) is 11.5 Å². The maximum Gasteiger partial charge on any atom is 0.284 e. The molecule has 0 unspecified atom stereocenters. The lowest BCUT2D eigenvalue weighted by molar-refractivity contribution is -0.128. The number of H-pyrrole nitrogens is 1. The number of nitrogens with one attached hydrogen (secondary N) is 1. The van der Waals surface area contributed by atoms with E-state index in [9.17, 15) is 14.4 Å². The number of benzene rings is 1. The summed E-state index contributed by atoms with van der Waals surface area (Å²) in [6.07, 6.45) is 0.0456. The molecule has 2 aromatic rings. The summed E-state index contributed by atoms with van der Waals surface area (Å²) in [7, 11) is 0. The van der Waals surface area contributed by atoms with Gasteiger partial charge in [-0.3, -0.25) is 24.4 Å². The highest BCUT2D eigenvalue weighted by molar-refractivity contribution is 6.09. The van der Waals surface area contributed by atoms with Gasteiger partial charge < -0.3 is 0 Å². The van der Waals surface area contributed by atoms with E-state index < -0.39 is 11.5 Å². The summed E-state index contributed by atoms with van der Waals surface area (Å²) < 4.78 is 1.30. The van der Waals surface area contributed by atoms with Crippen LogP contribution in [0.25, 0.3) is 5.69 Å². The second-order valence-electron chi connectivity index (χ2n) is 4.56. The van der Waals surface area contributed by atoms with Crippen LogP contribution in [0.5, 0.6) is 0 Å². The lowest BCUT2D eigenvalue weighted by Gasteiger charge is -2.22. The van der Waals surface area contributed by atoms with Crippen LogP contribution >= 0.6 is 0 Å². The first-order valence-corrected chi connectivity index (χ1v) is 6.37. The highest BCUT2D eigenvalue weighted by atomic mass is 16.2. The first kappa shape index (κ1) is 12.4. The van der Waals surface area contributed by atoms with Gasteiger partial charge in [0.2, 0.25) is 5.91 Å². The number of rotatable bonds is 2. The van der Waals surface area contributed by atoms with Gasteiger partial charge in [-0.25, -0.2) is 4.68 Å². The molecule has 2 amide bonds. The first-order chi connectivity index (χ1) is 9.63. The fourth-order valence-corrected chi connectivity index (χ4v) is 2.40. The van der Waals surface area contributed by atoms with Crippen LogP contribution in [-0.2, 0) is 11.2 Å². The van der Waals surface area contributed by atoms with Crippen LogP contribution in [0.15, 0.2) is 35.1 Å². The first-order valence-electron chi connectivity index (χ1n) is 6.37. The van der Waals surface area contributed by atoms with Crippen molar-refractivity contribution in [2.75, 3.05) is 6.54 Å². The molecular formula is C14H13N3O3. The Hall–Kier alpha value is -2.63. The van der Waals surface area contributed by atoms with Gasteiger partial charge in [-0.05, 0) is 19.1 Å². The summed E-state index contributed by atoms with van der Waals surface area (Å²) in [6.45, 7) is 1.98. The van der Waals surface area contributed by atoms with E-state index in [-0.39, 0.29) is 24.4 Å². The van der Waals surface area contributed by atoms with Crippen LogP contribution in [0.4, 0.5) is 0 Å². The van der Waals surface area contributed by atoms with Gasteiger partial charge in [0.15, 0.2) is 0 Å². The third-order valence-electron chi connectivity index (χ3n) is 3.38. The summed E-state index contributed by atoms with van der Waals surface area (Å²) in [5.41, 5.74) is 0.672.